The van der Waals surface area contributed by atoms with E-state index in [1.807, 2.05) is 42.6 Å². The molecule has 3 aliphatic rings. The first kappa shape index (κ1) is 19.5. The zero-order valence-corrected chi connectivity index (χ0v) is 17.2. The second-order valence-electron chi connectivity index (χ2n) is 8.38. The van der Waals surface area contributed by atoms with Crippen LogP contribution in [0.4, 0.5) is 10.5 Å². The van der Waals surface area contributed by atoms with Gasteiger partial charge >= 0.3 is 6.09 Å². The molecule has 1 unspecified atom stereocenters. The van der Waals surface area contributed by atoms with Crippen molar-refractivity contribution in [1.82, 2.24) is 15.6 Å². The molecule has 5 rings (SSSR count). The molecular weight excluding hydrogens is 394 g/mol. The first-order chi connectivity index (χ1) is 15.0. The topological polar surface area (TPSA) is 107 Å². The maximum Gasteiger partial charge on any atom is 0.414 e. The highest BCUT2D eigenvalue weighted by Crippen LogP contribution is 2.60. The van der Waals surface area contributed by atoms with Crippen molar-refractivity contribution in [1.29, 1.82) is 5.26 Å². The first-order valence-electron chi connectivity index (χ1n) is 10.4. The van der Waals surface area contributed by atoms with E-state index < -0.39 is 11.5 Å². The lowest BCUT2D eigenvalue weighted by Gasteiger charge is -2.15. The molecular formula is C23H23N5O3. The molecule has 1 aliphatic carbocycles. The van der Waals surface area contributed by atoms with Gasteiger partial charge in [-0.2, -0.15) is 5.26 Å². The molecule has 0 radical (unpaired) electrons. The van der Waals surface area contributed by atoms with Gasteiger partial charge in [-0.1, -0.05) is 18.2 Å². The Bertz CT molecular complexity index is 1050. The number of anilines is 1. The number of amides is 2. The second kappa shape index (κ2) is 7.36. The highest BCUT2D eigenvalue weighted by atomic mass is 16.6. The molecule has 31 heavy (non-hydrogen) atoms. The van der Waals surface area contributed by atoms with Gasteiger partial charge in [-0.25, -0.2) is 4.79 Å². The van der Waals surface area contributed by atoms with Crippen molar-refractivity contribution >= 4 is 17.7 Å². The summed E-state index contributed by atoms with van der Waals surface area (Å²) >= 11 is 0. The van der Waals surface area contributed by atoms with Crippen LogP contribution in [0, 0.1) is 23.2 Å². The van der Waals surface area contributed by atoms with Gasteiger partial charge in [-0.05, 0) is 23.8 Å². The highest BCUT2D eigenvalue weighted by molar-refractivity contribution is 5.90. The molecule has 0 spiro atoms. The van der Waals surface area contributed by atoms with Gasteiger partial charge in [0.1, 0.15) is 11.5 Å². The summed E-state index contributed by atoms with van der Waals surface area (Å²) in [5, 5.41) is 15.8. The van der Waals surface area contributed by atoms with Gasteiger partial charge in [-0.3, -0.25) is 14.7 Å². The Hall–Kier alpha value is -3.44. The Morgan fingerprint density at radius 2 is 1.97 bits per heavy atom. The van der Waals surface area contributed by atoms with Crippen molar-refractivity contribution in [2.45, 2.75) is 18.4 Å². The predicted octanol–water partition coefficient (Wildman–Crippen LogP) is 1.82. The van der Waals surface area contributed by atoms with Crippen LogP contribution in [0.1, 0.15) is 12.6 Å². The molecule has 2 N–H and O–H groups in total. The van der Waals surface area contributed by atoms with E-state index in [2.05, 4.69) is 21.7 Å². The molecule has 1 aromatic carbocycles. The van der Waals surface area contributed by atoms with Crippen LogP contribution in [0.2, 0.25) is 0 Å². The lowest BCUT2D eigenvalue weighted by molar-refractivity contribution is -0.119. The highest BCUT2D eigenvalue weighted by Gasteiger charge is 2.69. The Morgan fingerprint density at radius 1 is 1.26 bits per heavy atom. The summed E-state index contributed by atoms with van der Waals surface area (Å²) in [5.74, 6) is 0.579. The van der Waals surface area contributed by atoms with E-state index in [0.717, 1.165) is 35.6 Å². The quantitative estimate of drug-likeness (QED) is 0.769. The average Bonchev–Trinajstić information content (AvgIpc) is 3.09. The molecule has 4 atom stereocenters. The van der Waals surface area contributed by atoms with Crippen LogP contribution in [-0.4, -0.2) is 49.3 Å². The van der Waals surface area contributed by atoms with Gasteiger partial charge in [0.05, 0.1) is 24.9 Å². The number of carbonyl (C=O) groups is 2. The molecule has 3 heterocycles. The fourth-order valence-corrected chi connectivity index (χ4v) is 4.88. The SMILES string of the molecule is CC(=O)NC[C@H]1CN(c2ccc(-c3ccc(C4(C#N)[C@@H]5CNC[C@@H]54)nc3)cc2)C(=O)O1. The van der Waals surface area contributed by atoms with Gasteiger partial charge < -0.3 is 15.4 Å². The van der Waals surface area contributed by atoms with Crippen molar-refractivity contribution in [3.05, 3.63) is 48.3 Å². The standard InChI is InChI=1S/C23H23N5O3/c1-14(29)26-9-18-12-28(22(30)31-18)17-5-2-15(3-6-17)16-4-7-21(27-8-16)23(13-24)19-10-25-11-20(19)23/h2-8,18-20,25H,9-12H2,1H3,(H,26,29)/t18-,19-,20+,23?/m0/s1. The number of carbonyl (C=O) groups excluding carboxylic acids is 2. The van der Waals surface area contributed by atoms with Crippen LogP contribution in [-0.2, 0) is 14.9 Å². The minimum absolute atomic E-state index is 0.152. The lowest BCUT2D eigenvalue weighted by atomic mass is 9.96. The van der Waals surface area contributed by atoms with Gasteiger partial charge in [0.2, 0.25) is 5.91 Å². The maximum atomic E-state index is 12.2. The number of pyridine rings is 1. The number of fused-ring (bicyclic) bond motifs is 1. The molecule has 3 fully saturated rings. The summed E-state index contributed by atoms with van der Waals surface area (Å²) in [6, 6.07) is 14.1. The van der Waals surface area contributed by atoms with E-state index in [1.54, 1.807) is 4.90 Å². The Morgan fingerprint density at radius 3 is 2.58 bits per heavy atom. The van der Waals surface area contributed by atoms with Crippen molar-refractivity contribution in [3.8, 4) is 17.2 Å². The molecule has 8 nitrogen and oxygen atoms in total. The number of piperidine rings is 1. The Kier molecular flexibility index (Phi) is 4.63. The number of nitriles is 1. The van der Waals surface area contributed by atoms with Crippen LogP contribution < -0.4 is 15.5 Å². The first-order valence-corrected chi connectivity index (χ1v) is 10.4. The Labute approximate surface area is 180 Å². The van der Waals surface area contributed by atoms with Crippen LogP contribution in [0.15, 0.2) is 42.6 Å². The zero-order chi connectivity index (χ0) is 21.6. The van der Waals surface area contributed by atoms with Crippen LogP contribution in [0.25, 0.3) is 11.1 Å². The summed E-state index contributed by atoms with van der Waals surface area (Å²) < 4.78 is 5.32. The maximum absolute atomic E-state index is 12.2. The summed E-state index contributed by atoms with van der Waals surface area (Å²) in [6.07, 6.45) is 1.04. The number of hydrogen-bond acceptors (Lipinski definition) is 6. The van der Waals surface area contributed by atoms with Crippen LogP contribution >= 0.6 is 0 Å². The molecule has 1 saturated carbocycles. The van der Waals surface area contributed by atoms with Gasteiger partial charge in [0, 0.05) is 49.3 Å². The van der Waals surface area contributed by atoms with E-state index in [-0.39, 0.29) is 12.0 Å². The van der Waals surface area contributed by atoms with E-state index in [0.29, 0.717) is 24.9 Å². The fraction of sp³-hybridized carbons (Fsp3) is 0.391. The van der Waals surface area contributed by atoms with E-state index in [4.69, 9.17) is 4.74 Å². The fourth-order valence-electron chi connectivity index (χ4n) is 4.88. The van der Waals surface area contributed by atoms with Crippen molar-refractivity contribution < 1.29 is 14.3 Å². The molecule has 2 aliphatic heterocycles. The second-order valence-corrected chi connectivity index (χ2v) is 8.38. The molecule has 2 aromatic rings. The normalized spacial score (nSPS) is 28.6. The summed E-state index contributed by atoms with van der Waals surface area (Å²) in [6.45, 7) is 3.89. The number of nitrogens with zero attached hydrogens (tertiary/aromatic N) is 3. The summed E-state index contributed by atoms with van der Waals surface area (Å²) in [4.78, 5) is 29.4. The minimum atomic E-state index is -0.433. The molecule has 158 valence electrons. The third-order valence-electron chi connectivity index (χ3n) is 6.61. The van der Waals surface area contributed by atoms with Crippen molar-refractivity contribution in [2.24, 2.45) is 11.8 Å². The third kappa shape index (κ3) is 3.22. The number of rotatable bonds is 5. The minimum Gasteiger partial charge on any atom is -0.442 e. The number of benzene rings is 1. The van der Waals surface area contributed by atoms with Gasteiger partial charge in [0.25, 0.3) is 0 Å². The van der Waals surface area contributed by atoms with E-state index in [1.165, 1.54) is 6.92 Å². The largest absolute Gasteiger partial charge is 0.442 e. The Balaban J connectivity index is 1.28. The number of aromatic nitrogens is 1. The molecule has 2 amide bonds. The van der Waals surface area contributed by atoms with E-state index in [9.17, 15) is 14.9 Å². The monoisotopic (exact) mass is 417 g/mol. The molecule has 1 aromatic heterocycles. The molecule has 0 bridgehead atoms. The van der Waals surface area contributed by atoms with Gasteiger partial charge in [0.15, 0.2) is 0 Å². The zero-order valence-electron chi connectivity index (χ0n) is 17.2. The predicted molar refractivity (Wildman–Crippen MR) is 113 cm³/mol. The number of nitrogens with one attached hydrogen (secondary N) is 2. The molecule has 2 saturated heterocycles. The van der Waals surface area contributed by atoms with Crippen LogP contribution in [0.3, 0.4) is 0 Å². The van der Waals surface area contributed by atoms with E-state index >= 15 is 0 Å². The lowest BCUT2D eigenvalue weighted by Crippen LogP contribution is -2.33. The van der Waals surface area contributed by atoms with Crippen molar-refractivity contribution in [2.75, 3.05) is 31.1 Å². The smallest absolute Gasteiger partial charge is 0.414 e. The molecule has 8 heteroatoms. The average molecular weight is 417 g/mol. The number of ether oxygens (including phenoxy) is 1. The van der Waals surface area contributed by atoms with Crippen molar-refractivity contribution in [3.63, 3.8) is 0 Å². The summed E-state index contributed by atoms with van der Waals surface area (Å²) in [7, 11) is 0. The summed E-state index contributed by atoms with van der Waals surface area (Å²) in [5.41, 5.74) is 3.10. The third-order valence-corrected chi connectivity index (χ3v) is 6.61. The number of cyclic esters (lactones) is 1. The number of hydrogen-bond donors (Lipinski definition) is 2. The van der Waals surface area contributed by atoms with Crippen LogP contribution in [0.5, 0.6) is 0 Å². The van der Waals surface area contributed by atoms with Gasteiger partial charge in [-0.15, -0.1) is 0 Å².